The van der Waals surface area contributed by atoms with Crippen LogP contribution < -0.4 is 0 Å². The predicted molar refractivity (Wildman–Crippen MR) is 61.0 cm³/mol. The van der Waals surface area contributed by atoms with E-state index in [1.165, 1.54) is 0 Å². The third kappa shape index (κ3) is 2.92. The van der Waals surface area contributed by atoms with Crippen molar-refractivity contribution in [1.82, 2.24) is 0 Å². The summed E-state index contributed by atoms with van der Waals surface area (Å²) < 4.78 is 4.90. The average Bonchev–Trinajstić information content (AvgIpc) is 2.30. The van der Waals surface area contributed by atoms with E-state index in [0.29, 0.717) is 12.7 Å². The second kappa shape index (κ2) is 5.45. The van der Waals surface area contributed by atoms with Gasteiger partial charge in [-0.2, -0.15) is 0 Å². The molecule has 1 rings (SSSR count). The van der Waals surface area contributed by atoms with Gasteiger partial charge in [-0.3, -0.25) is 4.79 Å². The van der Waals surface area contributed by atoms with Crippen molar-refractivity contribution in [2.24, 2.45) is 5.41 Å². The molecule has 0 fully saturated rings. The maximum Gasteiger partial charge on any atom is 0.319 e. The van der Waals surface area contributed by atoms with Gasteiger partial charge in [0.05, 0.1) is 6.61 Å². The first-order chi connectivity index (χ1) is 7.62. The number of aldehydes is 1. The van der Waals surface area contributed by atoms with Gasteiger partial charge in [-0.05, 0) is 25.8 Å². The van der Waals surface area contributed by atoms with Crippen molar-refractivity contribution >= 4 is 12.3 Å². The Kier molecular flexibility index (Phi) is 4.23. The molecule has 0 aliphatic rings. The van der Waals surface area contributed by atoms with E-state index in [4.69, 9.17) is 4.74 Å². The predicted octanol–water partition coefficient (Wildman–Crippen LogP) is 2.00. The monoisotopic (exact) mass is 220 g/mol. The van der Waals surface area contributed by atoms with Gasteiger partial charge in [-0.1, -0.05) is 30.3 Å². The first-order valence-electron chi connectivity index (χ1n) is 5.30. The van der Waals surface area contributed by atoms with Crippen LogP contribution in [-0.2, 0) is 20.7 Å². The van der Waals surface area contributed by atoms with Crippen LogP contribution in [0.25, 0.3) is 0 Å². The molecule has 0 radical (unpaired) electrons. The molecule has 0 bridgehead atoms. The Hall–Kier alpha value is -1.64. The van der Waals surface area contributed by atoms with E-state index < -0.39 is 11.4 Å². The standard InChI is InChI=1S/C13H16O3/c1-3-16-12(15)13(2,10-14)9-11-7-5-4-6-8-11/h4-8,10H,3,9H2,1-2H3. The summed E-state index contributed by atoms with van der Waals surface area (Å²) in [5, 5.41) is 0. The summed E-state index contributed by atoms with van der Waals surface area (Å²) in [7, 11) is 0. The molecule has 3 heteroatoms. The molecule has 86 valence electrons. The number of ether oxygens (including phenoxy) is 1. The van der Waals surface area contributed by atoms with Crippen LogP contribution in [0.4, 0.5) is 0 Å². The van der Waals surface area contributed by atoms with Gasteiger partial charge in [0, 0.05) is 0 Å². The summed E-state index contributed by atoms with van der Waals surface area (Å²) in [5.41, 5.74) is -0.137. The van der Waals surface area contributed by atoms with Gasteiger partial charge in [0.2, 0.25) is 0 Å². The Morgan fingerprint density at radius 3 is 2.50 bits per heavy atom. The lowest BCUT2D eigenvalue weighted by Crippen LogP contribution is -2.33. The molecule has 1 unspecified atom stereocenters. The average molecular weight is 220 g/mol. The van der Waals surface area contributed by atoms with Crippen molar-refractivity contribution in [2.75, 3.05) is 6.61 Å². The largest absolute Gasteiger partial charge is 0.465 e. The minimum Gasteiger partial charge on any atom is -0.465 e. The first kappa shape index (κ1) is 12.4. The van der Waals surface area contributed by atoms with E-state index in [1.807, 2.05) is 30.3 Å². The summed E-state index contributed by atoms with van der Waals surface area (Å²) in [4.78, 5) is 22.7. The van der Waals surface area contributed by atoms with Crippen LogP contribution in [0, 0.1) is 5.41 Å². The van der Waals surface area contributed by atoms with Gasteiger partial charge in [0.25, 0.3) is 0 Å². The number of carbonyl (C=O) groups excluding carboxylic acids is 2. The highest BCUT2D eigenvalue weighted by Gasteiger charge is 2.34. The minimum absolute atomic E-state index is 0.289. The van der Waals surface area contributed by atoms with E-state index in [-0.39, 0.29) is 6.61 Å². The van der Waals surface area contributed by atoms with Gasteiger partial charge in [0.1, 0.15) is 11.7 Å². The van der Waals surface area contributed by atoms with E-state index >= 15 is 0 Å². The highest BCUT2D eigenvalue weighted by Crippen LogP contribution is 2.21. The smallest absolute Gasteiger partial charge is 0.319 e. The second-order valence-corrected chi connectivity index (χ2v) is 3.92. The second-order valence-electron chi connectivity index (χ2n) is 3.92. The van der Waals surface area contributed by atoms with Crippen molar-refractivity contribution in [2.45, 2.75) is 20.3 Å². The molecule has 16 heavy (non-hydrogen) atoms. The zero-order chi connectivity index (χ0) is 12.0. The van der Waals surface area contributed by atoms with Crippen molar-refractivity contribution < 1.29 is 14.3 Å². The molecule has 0 saturated heterocycles. The fourth-order valence-electron chi connectivity index (χ4n) is 1.48. The normalized spacial score (nSPS) is 13.9. The third-order valence-electron chi connectivity index (χ3n) is 2.42. The number of hydrogen-bond donors (Lipinski definition) is 0. The molecule has 0 N–H and O–H groups in total. The highest BCUT2D eigenvalue weighted by molar-refractivity contribution is 5.93. The van der Waals surface area contributed by atoms with Crippen LogP contribution in [0.5, 0.6) is 0 Å². The molecule has 0 spiro atoms. The van der Waals surface area contributed by atoms with Crippen molar-refractivity contribution in [1.29, 1.82) is 0 Å². The number of rotatable bonds is 5. The molecule has 0 aromatic heterocycles. The SMILES string of the molecule is CCOC(=O)C(C)(C=O)Cc1ccccc1. The zero-order valence-corrected chi connectivity index (χ0v) is 9.60. The topological polar surface area (TPSA) is 43.4 Å². The van der Waals surface area contributed by atoms with Crippen LogP contribution in [-0.4, -0.2) is 18.9 Å². The molecular weight excluding hydrogens is 204 g/mol. The van der Waals surface area contributed by atoms with Crippen LogP contribution in [0.1, 0.15) is 19.4 Å². The van der Waals surface area contributed by atoms with Crippen LogP contribution in [0.3, 0.4) is 0 Å². The maximum absolute atomic E-state index is 11.6. The summed E-state index contributed by atoms with van der Waals surface area (Å²) in [6.45, 7) is 3.62. The third-order valence-corrected chi connectivity index (χ3v) is 2.42. The molecule has 1 atom stereocenters. The summed E-state index contributed by atoms with van der Waals surface area (Å²) in [6, 6.07) is 9.44. The van der Waals surface area contributed by atoms with E-state index in [0.717, 1.165) is 5.56 Å². The Balaban J connectivity index is 2.82. The Bertz CT molecular complexity index is 359. The Morgan fingerprint density at radius 2 is 2.00 bits per heavy atom. The molecule has 1 aromatic carbocycles. The highest BCUT2D eigenvalue weighted by atomic mass is 16.5. The molecule has 0 aliphatic heterocycles. The van der Waals surface area contributed by atoms with Gasteiger partial charge in [-0.25, -0.2) is 0 Å². The fourth-order valence-corrected chi connectivity index (χ4v) is 1.48. The van der Waals surface area contributed by atoms with Crippen molar-refractivity contribution in [3.05, 3.63) is 35.9 Å². The number of esters is 1. The lowest BCUT2D eigenvalue weighted by Gasteiger charge is -2.20. The molecule has 0 amide bonds. The van der Waals surface area contributed by atoms with Gasteiger partial charge in [0.15, 0.2) is 0 Å². The van der Waals surface area contributed by atoms with Crippen LogP contribution in [0.2, 0.25) is 0 Å². The van der Waals surface area contributed by atoms with Gasteiger partial charge in [-0.15, -0.1) is 0 Å². The molecule has 0 aliphatic carbocycles. The number of hydrogen-bond acceptors (Lipinski definition) is 3. The molecule has 0 heterocycles. The number of carbonyl (C=O) groups is 2. The molecule has 1 aromatic rings. The lowest BCUT2D eigenvalue weighted by atomic mass is 9.85. The van der Waals surface area contributed by atoms with E-state index in [2.05, 4.69) is 0 Å². The molecular formula is C13H16O3. The first-order valence-corrected chi connectivity index (χ1v) is 5.30. The van der Waals surface area contributed by atoms with Crippen molar-refractivity contribution in [3.8, 4) is 0 Å². The van der Waals surface area contributed by atoms with Gasteiger partial charge < -0.3 is 9.53 Å². The van der Waals surface area contributed by atoms with Gasteiger partial charge >= 0.3 is 5.97 Å². The summed E-state index contributed by atoms with van der Waals surface area (Å²) >= 11 is 0. The molecule has 3 nitrogen and oxygen atoms in total. The Labute approximate surface area is 95.4 Å². The summed E-state index contributed by atoms with van der Waals surface area (Å²) in [6.07, 6.45) is 1.04. The minimum atomic E-state index is -1.09. The maximum atomic E-state index is 11.6. The number of benzene rings is 1. The zero-order valence-electron chi connectivity index (χ0n) is 9.60. The quantitative estimate of drug-likeness (QED) is 0.433. The fraction of sp³-hybridized carbons (Fsp3) is 0.385. The van der Waals surface area contributed by atoms with Crippen LogP contribution >= 0.6 is 0 Å². The Morgan fingerprint density at radius 1 is 1.38 bits per heavy atom. The van der Waals surface area contributed by atoms with Crippen LogP contribution in [0.15, 0.2) is 30.3 Å². The van der Waals surface area contributed by atoms with Crippen molar-refractivity contribution in [3.63, 3.8) is 0 Å². The summed E-state index contributed by atoms with van der Waals surface area (Å²) in [5.74, 6) is -0.464. The van der Waals surface area contributed by atoms with E-state index in [9.17, 15) is 9.59 Å². The lowest BCUT2D eigenvalue weighted by molar-refractivity contribution is -0.155. The molecule has 0 saturated carbocycles. The van der Waals surface area contributed by atoms with E-state index in [1.54, 1.807) is 13.8 Å².